The summed E-state index contributed by atoms with van der Waals surface area (Å²) in [5.74, 6) is 0.161. The van der Waals surface area contributed by atoms with Crippen molar-refractivity contribution in [2.24, 2.45) is 4.99 Å². The molecular formula is C7H11NO. The number of aliphatic imine (C=N–C) groups is 1. The molecule has 0 unspecified atom stereocenters. The molecule has 0 aromatic carbocycles. The van der Waals surface area contributed by atoms with E-state index in [9.17, 15) is 4.79 Å². The van der Waals surface area contributed by atoms with Gasteiger partial charge >= 0.3 is 0 Å². The van der Waals surface area contributed by atoms with Gasteiger partial charge in [-0.05, 0) is 20.3 Å². The summed E-state index contributed by atoms with van der Waals surface area (Å²) >= 11 is 0. The topological polar surface area (TPSA) is 29.4 Å². The Balaban J connectivity index is 2.69. The first kappa shape index (κ1) is 6.46. The zero-order chi connectivity index (χ0) is 6.91. The van der Waals surface area contributed by atoms with Crippen molar-refractivity contribution in [3.8, 4) is 0 Å². The van der Waals surface area contributed by atoms with Crippen LogP contribution in [0, 0.1) is 0 Å². The van der Waals surface area contributed by atoms with E-state index in [1.165, 1.54) is 6.21 Å². The molecule has 0 saturated heterocycles. The van der Waals surface area contributed by atoms with E-state index < -0.39 is 0 Å². The Kier molecular flexibility index (Phi) is 1.39. The Morgan fingerprint density at radius 3 is 2.67 bits per heavy atom. The summed E-state index contributed by atoms with van der Waals surface area (Å²) in [6, 6.07) is 0. The van der Waals surface area contributed by atoms with Gasteiger partial charge in [0.15, 0.2) is 5.78 Å². The van der Waals surface area contributed by atoms with E-state index in [1.54, 1.807) is 0 Å². The van der Waals surface area contributed by atoms with Crippen LogP contribution in [0.25, 0.3) is 0 Å². The van der Waals surface area contributed by atoms with Crippen LogP contribution in [-0.4, -0.2) is 17.5 Å². The van der Waals surface area contributed by atoms with Gasteiger partial charge in [-0.25, -0.2) is 0 Å². The molecule has 0 aromatic heterocycles. The van der Waals surface area contributed by atoms with E-state index in [4.69, 9.17) is 0 Å². The Bertz CT molecular complexity index is 158. The fourth-order valence-electron chi connectivity index (χ4n) is 0.805. The highest BCUT2D eigenvalue weighted by Gasteiger charge is 2.20. The smallest absolute Gasteiger partial charge is 0.173 e. The summed E-state index contributed by atoms with van der Waals surface area (Å²) in [5, 5.41) is 0. The number of rotatable bonds is 0. The van der Waals surface area contributed by atoms with Gasteiger partial charge in [0.2, 0.25) is 0 Å². The minimum absolute atomic E-state index is 0.00785. The molecule has 1 heterocycles. The molecule has 0 spiro atoms. The number of ketones is 1. The van der Waals surface area contributed by atoms with Crippen LogP contribution in [0.4, 0.5) is 0 Å². The second-order valence-electron chi connectivity index (χ2n) is 3.04. The van der Waals surface area contributed by atoms with Crippen LogP contribution in [-0.2, 0) is 4.79 Å². The highest BCUT2D eigenvalue weighted by molar-refractivity contribution is 6.28. The lowest BCUT2D eigenvalue weighted by Gasteiger charge is -2.21. The normalized spacial score (nSPS) is 24.4. The maximum absolute atomic E-state index is 10.6. The van der Waals surface area contributed by atoms with Crippen molar-refractivity contribution in [2.45, 2.75) is 32.2 Å². The third-order valence-corrected chi connectivity index (χ3v) is 1.54. The Hall–Kier alpha value is -0.660. The van der Waals surface area contributed by atoms with Gasteiger partial charge < -0.3 is 0 Å². The molecule has 50 valence electrons. The number of carbonyl (C=O) groups excluding carboxylic acids is 1. The Morgan fingerprint density at radius 2 is 2.33 bits per heavy atom. The van der Waals surface area contributed by atoms with Crippen molar-refractivity contribution in [3.05, 3.63) is 0 Å². The number of carbonyl (C=O) groups is 1. The molecule has 1 aliphatic heterocycles. The van der Waals surface area contributed by atoms with Gasteiger partial charge in [0.25, 0.3) is 0 Å². The van der Waals surface area contributed by atoms with Gasteiger partial charge in [0.1, 0.15) is 0 Å². The molecule has 0 bridgehead atoms. The lowest BCUT2D eigenvalue weighted by molar-refractivity contribution is -0.113. The van der Waals surface area contributed by atoms with Crippen molar-refractivity contribution in [2.75, 3.05) is 0 Å². The molecule has 1 rings (SSSR count). The van der Waals surface area contributed by atoms with Gasteiger partial charge in [-0.15, -0.1) is 0 Å². The van der Waals surface area contributed by atoms with E-state index in [1.807, 2.05) is 13.8 Å². The number of Topliss-reactive ketones (excluding diaryl/α,β-unsaturated/α-hetero) is 1. The minimum atomic E-state index is 0.00785. The average Bonchev–Trinajstić information content (AvgIpc) is 1.78. The monoisotopic (exact) mass is 125 g/mol. The molecule has 9 heavy (non-hydrogen) atoms. The molecule has 0 radical (unpaired) electrons. The fraction of sp³-hybridized carbons (Fsp3) is 0.714. The van der Waals surface area contributed by atoms with E-state index in [0.29, 0.717) is 6.42 Å². The minimum Gasteiger partial charge on any atom is -0.293 e. The second-order valence-corrected chi connectivity index (χ2v) is 3.04. The van der Waals surface area contributed by atoms with Crippen LogP contribution >= 0.6 is 0 Å². The third-order valence-electron chi connectivity index (χ3n) is 1.54. The highest BCUT2D eigenvalue weighted by atomic mass is 16.1. The molecule has 2 nitrogen and oxygen atoms in total. The van der Waals surface area contributed by atoms with Gasteiger partial charge in [-0.2, -0.15) is 0 Å². The first-order valence-corrected chi connectivity index (χ1v) is 3.18. The SMILES string of the molecule is CC1(C)CCC(=O)C=N1. The standard InChI is InChI=1S/C7H11NO/c1-7(2)4-3-6(9)5-8-7/h5H,3-4H2,1-2H3. The van der Waals surface area contributed by atoms with Crippen molar-refractivity contribution in [3.63, 3.8) is 0 Å². The largest absolute Gasteiger partial charge is 0.293 e. The van der Waals surface area contributed by atoms with Crippen LogP contribution < -0.4 is 0 Å². The zero-order valence-electron chi connectivity index (χ0n) is 5.85. The summed E-state index contributed by atoms with van der Waals surface area (Å²) in [5.41, 5.74) is 0.00785. The van der Waals surface area contributed by atoms with E-state index in [-0.39, 0.29) is 11.3 Å². The molecule has 0 aromatic rings. The predicted octanol–water partition coefficient (Wildman–Crippen LogP) is 1.20. The average molecular weight is 125 g/mol. The van der Waals surface area contributed by atoms with Crippen LogP contribution in [0.5, 0.6) is 0 Å². The van der Waals surface area contributed by atoms with Gasteiger partial charge in [0.05, 0.1) is 11.8 Å². The number of hydrogen-bond donors (Lipinski definition) is 0. The molecule has 1 aliphatic rings. The first-order chi connectivity index (χ1) is 4.10. The highest BCUT2D eigenvalue weighted by Crippen LogP contribution is 2.19. The van der Waals surface area contributed by atoms with Crippen LogP contribution in [0.15, 0.2) is 4.99 Å². The zero-order valence-corrected chi connectivity index (χ0v) is 5.85. The lowest BCUT2D eigenvalue weighted by Crippen LogP contribution is -2.24. The predicted molar refractivity (Wildman–Crippen MR) is 36.8 cm³/mol. The van der Waals surface area contributed by atoms with E-state index >= 15 is 0 Å². The Morgan fingerprint density at radius 1 is 1.67 bits per heavy atom. The second kappa shape index (κ2) is 1.94. The maximum Gasteiger partial charge on any atom is 0.173 e. The van der Waals surface area contributed by atoms with Crippen molar-refractivity contribution < 1.29 is 4.79 Å². The summed E-state index contributed by atoms with van der Waals surface area (Å²) in [6.45, 7) is 4.08. The van der Waals surface area contributed by atoms with Crippen molar-refractivity contribution >= 4 is 12.0 Å². The summed E-state index contributed by atoms with van der Waals surface area (Å²) in [7, 11) is 0. The number of nitrogens with zero attached hydrogens (tertiary/aromatic N) is 1. The molecule has 0 N–H and O–H groups in total. The van der Waals surface area contributed by atoms with Gasteiger partial charge in [-0.3, -0.25) is 9.79 Å². The molecule has 2 heteroatoms. The van der Waals surface area contributed by atoms with Crippen molar-refractivity contribution in [1.29, 1.82) is 0 Å². The Labute approximate surface area is 55.0 Å². The van der Waals surface area contributed by atoms with E-state index in [0.717, 1.165) is 6.42 Å². The molecule has 0 atom stereocenters. The van der Waals surface area contributed by atoms with Crippen LogP contribution in [0.3, 0.4) is 0 Å². The lowest BCUT2D eigenvalue weighted by atomic mass is 9.95. The number of hydrogen-bond acceptors (Lipinski definition) is 2. The first-order valence-electron chi connectivity index (χ1n) is 3.18. The fourth-order valence-corrected chi connectivity index (χ4v) is 0.805. The van der Waals surface area contributed by atoms with Crippen molar-refractivity contribution in [1.82, 2.24) is 0 Å². The third kappa shape index (κ3) is 1.63. The molecule has 0 amide bonds. The maximum atomic E-state index is 10.6. The summed E-state index contributed by atoms with van der Waals surface area (Å²) in [6.07, 6.45) is 3.00. The molecular weight excluding hydrogens is 114 g/mol. The quantitative estimate of drug-likeness (QED) is 0.478. The van der Waals surface area contributed by atoms with Crippen LogP contribution in [0.2, 0.25) is 0 Å². The van der Waals surface area contributed by atoms with Crippen LogP contribution in [0.1, 0.15) is 26.7 Å². The summed E-state index contributed by atoms with van der Waals surface area (Å²) in [4.78, 5) is 14.7. The van der Waals surface area contributed by atoms with E-state index in [2.05, 4.69) is 4.99 Å². The molecule has 0 aliphatic carbocycles. The molecule has 0 saturated carbocycles. The van der Waals surface area contributed by atoms with Gasteiger partial charge in [-0.1, -0.05) is 0 Å². The molecule has 0 fully saturated rings. The summed E-state index contributed by atoms with van der Waals surface area (Å²) < 4.78 is 0. The van der Waals surface area contributed by atoms with Gasteiger partial charge in [0, 0.05) is 6.42 Å².